The van der Waals surface area contributed by atoms with Crippen molar-refractivity contribution in [2.75, 3.05) is 11.9 Å². The number of rotatable bonds is 6. The molecule has 0 amide bonds. The average molecular weight is 356 g/mol. The molecule has 0 fully saturated rings. The molecule has 0 aliphatic heterocycles. The summed E-state index contributed by atoms with van der Waals surface area (Å²) in [5, 5.41) is 14.4. The molecule has 3 aromatic rings. The monoisotopic (exact) mass is 356 g/mol. The van der Waals surface area contributed by atoms with Gasteiger partial charge >= 0.3 is 0 Å². The third-order valence-electron chi connectivity index (χ3n) is 3.87. The number of pyridine rings is 1. The fraction of sp³-hybridized carbons (Fsp3) is 0.211. The number of hydrogen-bond acceptors (Lipinski definition) is 4. The van der Waals surface area contributed by atoms with Crippen LogP contribution in [0.4, 0.5) is 14.6 Å². The maximum absolute atomic E-state index is 14.0. The quantitative estimate of drug-likeness (QED) is 0.544. The summed E-state index contributed by atoms with van der Waals surface area (Å²) >= 11 is 0. The molecule has 0 atom stereocenters. The number of anilines is 1. The summed E-state index contributed by atoms with van der Waals surface area (Å²) in [7, 11) is 0. The lowest BCUT2D eigenvalue weighted by molar-refractivity contribution is -0.605. The average Bonchev–Trinajstić information content (AvgIpc) is 2.61. The van der Waals surface area contributed by atoms with Crippen LogP contribution in [0.25, 0.3) is 11.4 Å². The fourth-order valence-electron chi connectivity index (χ4n) is 2.54. The predicted molar refractivity (Wildman–Crippen MR) is 94.4 cm³/mol. The van der Waals surface area contributed by atoms with Gasteiger partial charge in [0.2, 0.25) is 0 Å². The van der Waals surface area contributed by atoms with Crippen molar-refractivity contribution in [1.82, 2.24) is 9.97 Å². The molecule has 0 aliphatic rings. The number of benzene rings is 1. The summed E-state index contributed by atoms with van der Waals surface area (Å²) in [5.41, 5.74) is 1.79. The molecule has 1 aromatic carbocycles. The van der Waals surface area contributed by atoms with Crippen LogP contribution in [0, 0.1) is 16.8 Å². The van der Waals surface area contributed by atoms with Crippen molar-refractivity contribution >= 4 is 5.82 Å². The van der Waals surface area contributed by atoms with Crippen molar-refractivity contribution in [3.8, 4) is 11.4 Å². The molecule has 0 unspecified atom stereocenters. The highest BCUT2D eigenvalue weighted by Crippen LogP contribution is 2.22. The van der Waals surface area contributed by atoms with E-state index in [1.807, 2.05) is 13.0 Å². The lowest BCUT2D eigenvalue weighted by Crippen LogP contribution is -2.25. The van der Waals surface area contributed by atoms with Crippen LogP contribution < -0.4 is 10.0 Å². The Bertz CT molecular complexity index is 918. The van der Waals surface area contributed by atoms with E-state index in [-0.39, 0.29) is 11.4 Å². The van der Waals surface area contributed by atoms with Gasteiger partial charge in [-0.15, -0.1) is 0 Å². The van der Waals surface area contributed by atoms with Crippen molar-refractivity contribution in [1.29, 1.82) is 0 Å². The zero-order chi connectivity index (χ0) is 18.5. The van der Waals surface area contributed by atoms with Gasteiger partial charge in [0.15, 0.2) is 18.2 Å². The molecule has 26 heavy (non-hydrogen) atoms. The Balaban J connectivity index is 1.79. The summed E-state index contributed by atoms with van der Waals surface area (Å²) in [6.45, 7) is 2.49. The van der Waals surface area contributed by atoms with E-state index in [1.54, 1.807) is 12.1 Å². The molecule has 0 spiro atoms. The molecule has 134 valence electrons. The van der Waals surface area contributed by atoms with E-state index in [0.717, 1.165) is 22.1 Å². The molecule has 2 heterocycles. The van der Waals surface area contributed by atoms with Crippen molar-refractivity contribution in [2.24, 2.45) is 0 Å². The highest BCUT2D eigenvalue weighted by molar-refractivity contribution is 5.58. The lowest BCUT2D eigenvalue weighted by Gasteiger charge is -2.10. The SMILES string of the molecule is CCc1cc(NCCc2ccc[n+]([O-])c2)nc(-c2ccc(F)cc2F)n1. The minimum atomic E-state index is -0.700. The minimum absolute atomic E-state index is 0.153. The van der Waals surface area contributed by atoms with Crippen molar-refractivity contribution in [3.05, 3.63) is 76.9 Å². The van der Waals surface area contributed by atoms with Crippen LogP contribution in [0.3, 0.4) is 0 Å². The highest BCUT2D eigenvalue weighted by Gasteiger charge is 2.12. The summed E-state index contributed by atoms with van der Waals surface area (Å²) in [4.78, 5) is 8.67. The fourth-order valence-corrected chi connectivity index (χ4v) is 2.54. The van der Waals surface area contributed by atoms with Crippen LogP contribution in [0.1, 0.15) is 18.2 Å². The molecule has 3 rings (SSSR count). The van der Waals surface area contributed by atoms with Crippen molar-refractivity contribution in [3.63, 3.8) is 0 Å². The zero-order valence-corrected chi connectivity index (χ0v) is 14.2. The van der Waals surface area contributed by atoms with E-state index in [0.29, 0.717) is 25.2 Å². The maximum atomic E-state index is 14.0. The normalized spacial score (nSPS) is 10.7. The van der Waals surface area contributed by atoms with Gasteiger partial charge in [-0.3, -0.25) is 0 Å². The van der Waals surface area contributed by atoms with Gasteiger partial charge in [-0.2, -0.15) is 4.73 Å². The van der Waals surface area contributed by atoms with E-state index < -0.39 is 11.6 Å². The topological polar surface area (TPSA) is 64.8 Å². The van der Waals surface area contributed by atoms with Gasteiger partial charge in [0.25, 0.3) is 0 Å². The smallest absolute Gasteiger partial charge is 0.183 e. The van der Waals surface area contributed by atoms with Crippen molar-refractivity contribution < 1.29 is 13.5 Å². The van der Waals surface area contributed by atoms with Crippen molar-refractivity contribution in [2.45, 2.75) is 19.8 Å². The van der Waals surface area contributed by atoms with Crippen LogP contribution in [0.5, 0.6) is 0 Å². The molecule has 5 nitrogen and oxygen atoms in total. The highest BCUT2D eigenvalue weighted by atomic mass is 19.1. The molecule has 0 radical (unpaired) electrons. The standard InChI is InChI=1S/C19H18F2N4O/c1-2-15-11-18(22-8-7-13-4-3-9-25(26)12-13)24-19(23-15)16-6-5-14(20)10-17(16)21/h3-6,9-12H,2,7-8H2,1H3,(H,22,23,24). The number of hydrogen-bond donors (Lipinski definition) is 1. The molecule has 0 aliphatic carbocycles. The van der Waals surface area contributed by atoms with Crippen LogP contribution in [0.15, 0.2) is 48.8 Å². The molecule has 0 saturated carbocycles. The molecular formula is C19H18F2N4O. The third kappa shape index (κ3) is 4.30. The molecular weight excluding hydrogens is 338 g/mol. The Morgan fingerprint density at radius 3 is 2.73 bits per heavy atom. The predicted octanol–water partition coefficient (Wildman–Crippen LogP) is 3.27. The number of aromatic nitrogens is 3. The van der Waals surface area contributed by atoms with E-state index in [2.05, 4.69) is 15.3 Å². The van der Waals surface area contributed by atoms with Crippen LogP contribution in [-0.4, -0.2) is 16.5 Å². The first kappa shape index (κ1) is 17.7. The summed E-state index contributed by atoms with van der Waals surface area (Å²) < 4.78 is 27.9. The van der Waals surface area contributed by atoms with Crippen LogP contribution in [-0.2, 0) is 12.8 Å². The van der Waals surface area contributed by atoms with Gasteiger partial charge < -0.3 is 10.5 Å². The minimum Gasteiger partial charge on any atom is -0.619 e. The van der Waals surface area contributed by atoms with Gasteiger partial charge in [0, 0.05) is 36.0 Å². The summed E-state index contributed by atoms with van der Waals surface area (Å²) in [6.07, 6.45) is 4.23. The third-order valence-corrected chi connectivity index (χ3v) is 3.87. The number of halogens is 2. The van der Waals surface area contributed by atoms with Crippen LogP contribution >= 0.6 is 0 Å². The summed E-state index contributed by atoms with van der Waals surface area (Å²) in [5.74, 6) is -0.578. The molecule has 7 heteroatoms. The van der Waals surface area contributed by atoms with E-state index >= 15 is 0 Å². The zero-order valence-electron chi connectivity index (χ0n) is 14.2. The Morgan fingerprint density at radius 1 is 1.15 bits per heavy atom. The second-order valence-electron chi connectivity index (χ2n) is 5.79. The second kappa shape index (κ2) is 7.86. The Kier molecular flexibility index (Phi) is 5.36. The Hall–Kier alpha value is -3.09. The molecule has 0 bridgehead atoms. The van der Waals surface area contributed by atoms with Crippen LogP contribution in [0.2, 0.25) is 0 Å². The molecule has 0 saturated heterocycles. The number of nitrogens with zero attached hydrogens (tertiary/aromatic N) is 3. The summed E-state index contributed by atoms with van der Waals surface area (Å²) in [6, 6.07) is 8.69. The molecule has 2 aromatic heterocycles. The first-order valence-electron chi connectivity index (χ1n) is 8.30. The van der Waals surface area contributed by atoms with Gasteiger partial charge in [-0.1, -0.05) is 6.92 Å². The van der Waals surface area contributed by atoms with E-state index in [9.17, 15) is 14.0 Å². The second-order valence-corrected chi connectivity index (χ2v) is 5.79. The van der Waals surface area contributed by atoms with Gasteiger partial charge in [0.1, 0.15) is 17.5 Å². The molecule has 1 N–H and O–H groups in total. The van der Waals surface area contributed by atoms with Gasteiger partial charge in [-0.25, -0.2) is 18.7 Å². The largest absolute Gasteiger partial charge is 0.619 e. The number of aryl methyl sites for hydroxylation is 1. The Labute approximate surface area is 150 Å². The first-order chi connectivity index (χ1) is 12.5. The van der Waals surface area contributed by atoms with E-state index in [1.165, 1.54) is 24.5 Å². The number of nitrogens with one attached hydrogen (secondary N) is 1. The first-order valence-corrected chi connectivity index (χ1v) is 8.30. The van der Waals surface area contributed by atoms with Gasteiger partial charge in [-0.05, 0) is 31.0 Å². The van der Waals surface area contributed by atoms with Gasteiger partial charge in [0.05, 0.1) is 5.56 Å². The Morgan fingerprint density at radius 2 is 2.00 bits per heavy atom. The lowest BCUT2D eigenvalue weighted by atomic mass is 10.2. The maximum Gasteiger partial charge on any atom is 0.183 e. The van der Waals surface area contributed by atoms with E-state index in [4.69, 9.17) is 0 Å².